The van der Waals surface area contributed by atoms with Crippen LogP contribution in [0.5, 0.6) is 0 Å². The third-order valence-electron chi connectivity index (χ3n) is 4.26. The molecule has 1 amide bonds. The Kier molecular flexibility index (Phi) is 6.32. The Hall–Kier alpha value is -1.01. The van der Waals surface area contributed by atoms with Crippen LogP contribution in [0, 0.1) is 13.8 Å². The predicted molar refractivity (Wildman–Crippen MR) is 93.5 cm³/mol. The lowest BCUT2D eigenvalue weighted by atomic mass is 10.2. The highest BCUT2D eigenvalue weighted by Crippen LogP contribution is 2.22. The van der Waals surface area contributed by atoms with Gasteiger partial charge in [-0.1, -0.05) is 13.3 Å². The molecule has 0 radical (unpaired) electrons. The quantitative estimate of drug-likeness (QED) is 0.904. The number of aromatic nitrogens is 2. The smallest absolute Gasteiger partial charge is 0.238 e. The average molecular weight is 324 g/mol. The second kappa shape index (κ2) is 8.02. The molecule has 5 nitrogen and oxygen atoms in total. The molecule has 1 fully saturated rings. The van der Waals surface area contributed by atoms with E-state index < -0.39 is 0 Å². The molecule has 1 N–H and O–H groups in total. The molecule has 0 spiro atoms. The van der Waals surface area contributed by atoms with Gasteiger partial charge in [0.1, 0.15) is 0 Å². The summed E-state index contributed by atoms with van der Waals surface area (Å²) in [4.78, 5) is 14.7. The molecule has 0 saturated carbocycles. The van der Waals surface area contributed by atoms with E-state index in [-0.39, 0.29) is 5.91 Å². The van der Waals surface area contributed by atoms with Crippen molar-refractivity contribution in [3.8, 4) is 0 Å². The van der Waals surface area contributed by atoms with Crippen LogP contribution in [0.25, 0.3) is 0 Å². The first kappa shape index (κ1) is 17.3. The zero-order chi connectivity index (χ0) is 16.1. The van der Waals surface area contributed by atoms with Crippen LogP contribution >= 0.6 is 11.8 Å². The Morgan fingerprint density at radius 2 is 2.18 bits per heavy atom. The van der Waals surface area contributed by atoms with Crippen molar-refractivity contribution in [3.63, 3.8) is 0 Å². The van der Waals surface area contributed by atoms with Crippen LogP contribution < -0.4 is 5.32 Å². The molecule has 1 aliphatic heterocycles. The Morgan fingerprint density at radius 1 is 1.41 bits per heavy atom. The lowest BCUT2D eigenvalue weighted by Gasteiger charge is -2.23. The summed E-state index contributed by atoms with van der Waals surface area (Å²) in [6, 6.07) is 0. The van der Waals surface area contributed by atoms with Gasteiger partial charge in [-0.25, -0.2) is 0 Å². The molecule has 2 heterocycles. The van der Waals surface area contributed by atoms with Crippen LogP contribution in [0.1, 0.15) is 37.6 Å². The molecule has 0 aromatic carbocycles. The van der Waals surface area contributed by atoms with Crippen molar-refractivity contribution in [3.05, 3.63) is 11.4 Å². The summed E-state index contributed by atoms with van der Waals surface area (Å²) in [6.45, 7) is 8.66. The van der Waals surface area contributed by atoms with Gasteiger partial charge in [0, 0.05) is 18.8 Å². The van der Waals surface area contributed by atoms with Gasteiger partial charge in [-0.05, 0) is 39.0 Å². The van der Waals surface area contributed by atoms with E-state index in [1.165, 1.54) is 19.3 Å². The standard InChI is InChI=1S/C16H28N4OS/c1-5-22-14-8-6-7-9-20(10-14)11-15(21)17-16-12(2)18-19(4)13(16)3/h14H,5-11H2,1-4H3,(H,17,21). The lowest BCUT2D eigenvalue weighted by Crippen LogP contribution is -2.37. The maximum absolute atomic E-state index is 12.4. The van der Waals surface area contributed by atoms with Gasteiger partial charge >= 0.3 is 0 Å². The normalized spacial score (nSPS) is 19.9. The fourth-order valence-electron chi connectivity index (χ4n) is 3.03. The summed E-state index contributed by atoms with van der Waals surface area (Å²) in [6.07, 6.45) is 3.74. The second-order valence-electron chi connectivity index (χ2n) is 6.03. The largest absolute Gasteiger partial charge is 0.322 e. The highest BCUT2D eigenvalue weighted by Gasteiger charge is 2.21. The monoisotopic (exact) mass is 324 g/mol. The van der Waals surface area contributed by atoms with Crippen LogP contribution in [-0.4, -0.2) is 51.2 Å². The third-order valence-corrected chi connectivity index (χ3v) is 5.44. The van der Waals surface area contributed by atoms with Crippen molar-refractivity contribution in [2.24, 2.45) is 7.05 Å². The number of anilines is 1. The van der Waals surface area contributed by atoms with Crippen LogP contribution in [0.2, 0.25) is 0 Å². The number of amides is 1. The second-order valence-corrected chi connectivity index (χ2v) is 7.60. The summed E-state index contributed by atoms with van der Waals surface area (Å²) < 4.78 is 1.81. The number of nitrogens with one attached hydrogen (secondary N) is 1. The molecular formula is C16H28N4OS. The highest BCUT2D eigenvalue weighted by molar-refractivity contribution is 7.99. The number of rotatable bonds is 5. The van der Waals surface area contributed by atoms with Crippen molar-refractivity contribution in [2.75, 3.05) is 30.7 Å². The van der Waals surface area contributed by atoms with Gasteiger partial charge in [0.05, 0.1) is 23.6 Å². The van der Waals surface area contributed by atoms with Gasteiger partial charge in [0.15, 0.2) is 0 Å². The summed E-state index contributed by atoms with van der Waals surface area (Å²) in [5.74, 6) is 1.22. The molecule has 2 rings (SSSR count). The number of aryl methyl sites for hydroxylation is 2. The summed E-state index contributed by atoms with van der Waals surface area (Å²) >= 11 is 2.02. The zero-order valence-corrected chi connectivity index (χ0v) is 15.0. The molecule has 6 heteroatoms. The number of carbonyl (C=O) groups excluding carboxylic acids is 1. The molecule has 1 unspecified atom stereocenters. The molecule has 1 aromatic rings. The predicted octanol–water partition coefficient (Wildman–Crippen LogP) is 2.58. The molecular weight excluding hydrogens is 296 g/mol. The van der Waals surface area contributed by atoms with E-state index in [1.54, 1.807) is 0 Å². The lowest BCUT2D eigenvalue weighted by molar-refractivity contribution is -0.117. The molecule has 1 saturated heterocycles. The molecule has 0 bridgehead atoms. The topological polar surface area (TPSA) is 50.2 Å². The zero-order valence-electron chi connectivity index (χ0n) is 14.2. The minimum Gasteiger partial charge on any atom is -0.322 e. The number of nitrogens with zero attached hydrogens (tertiary/aromatic N) is 3. The Bertz CT molecular complexity index is 514. The van der Waals surface area contributed by atoms with Crippen molar-refractivity contribution >= 4 is 23.4 Å². The first-order valence-corrected chi connectivity index (χ1v) is 9.20. The number of thioether (sulfide) groups is 1. The van der Waals surface area contributed by atoms with Crippen LogP contribution in [-0.2, 0) is 11.8 Å². The molecule has 1 aromatic heterocycles. The average Bonchev–Trinajstić information content (AvgIpc) is 2.65. The van der Waals surface area contributed by atoms with Gasteiger partial charge in [-0.2, -0.15) is 16.9 Å². The van der Waals surface area contributed by atoms with E-state index in [0.29, 0.717) is 11.8 Å². The van der Waals surface area contributed by atoms with E-state index in [4.69, 9.17) is 0 Å². The van der Waals surface area contributed by atoms with E-state index in [1.807, 2.05) is 37.3 Å². The SMILES string of the molecule is CCSC1CCCCN(CC(=O)Nc2c(C)nn(C)c2C)C1. The van der Waals surface area contributed by atoms with Gasteiger partial charge in [0.2, 0.25) is 5.91 Å². The van der Waals surface area contributed by atoms with E-state index in [2.05, 4.69) is 22.2 Å². The number of carbonyl (C=O) groups is 1. The highest BCUT2D eigenvalue weighted by atomic mass is 32.2. The Labute approximate surface area is 137 Å². The van der Waals surface area contributed by atoms with E-state index in [9.17, 15) is 4.79 Å². The molecule has 0 aliphatic carbocycles. The van der Waals surface area contributed by atoms with Gasteiger partial charge in [-0.3, -0.25) is 14.4 Å². The van der Waals surface area contributed by atoms with Crippen molar-refractivity contribution < 1.29 is 4.79 Å². The van der Waals surface area contributed by atoms with Crippen molar-refractivity contribution in [1.82, 2.24) is 14.7 Å². The fourth-order valence-corrected chi connectivity index (χ4v) is 4.15. The third kappa shape index (κ3) is 4.49. The van der Waals surface area contributed by atoms with Gasteiger partial charge in [0.25, 0.3) is 0 Å². The summed E-state index contributed by atoms with van der Waals surface area (Å²) in [5, 5.41) is 8.06. The van der Waals surface area contributed by atoms with E-state index in [0.717, 1.165) is 35.9 Å². The van der Waals surface area contributed by atoms with Crippen LogP contribution in [0.15, 0.2) is 0 Å². The van der Waals surface area contributed by atoms with Crippen LogP contribution in [0.4, 0.5) is 5.69 Å². The molecule has 22 heavy (non-hydrogen) atoms. The Balaban J connectivity index is 1.93. The molecule has 1 aliphatic rings. The minimum atomic E-state index is 0.0707. The fraction of sp³-hybridized carbons (Fsp3) is 0.750. The van der Waals surface area contributed by atoms with Gasteiger partial charge in [-0.15, -0.1) is 0 Å². The summed E-state index contributed by atoms with van der Waals surface area (Å²) in [5.41, 5.74) is 2.74. The summed E-state index contributed by atoms with van der Waals surface area (Å²) in [7, 11) is 1.90. The van der Waals surface area contributed by atoms with Crippen molar-refractivity contribution in [1.29, 1.82) is 0 Å². The van der Waals surface area contributed by atoms with Crippen LogP contribution in [0.3, 0.4) is 0 Å². The minimum absolute atomic E-state index is 0.0707. The number of likely N-dealkylation sites (tertiary alicyclic amines) is 1. The molecule has 124 valence electrons. The molecule has 1 atom stereocenters. The van der Waals surface area contributed by atoms with E-state index >= 15 is 0 Å². The van der Waals surface area contributed by atoms with Gasteiger partial charge < -0.3 is 5.32 Å². The number of hydrogen-bond acceptors (Lipinski definition) is 4. The Morgan fingerprint density at radius 3 is 2.82 bits per heavy atom. The first-order valence-electron chi connectivity index (χ1n) is 8.15. The maximum Gasteiger partial charge on any atom is 0.238 e. The maximum atomic E-state index is 12.4. The number of hydrogen-bond donors (Lipinski definition) is 1. The first-order chi connectivity index (χ1) is 10.5. The van der Waals surface area contributed by atoms with Crippen molar-refractivity contribution in [2.45, 2.75) is 45.3 Å².